The van der Waals surface area contributed by atoms with Gasteiger partial charge < -0.3 is 15.2 Å². The number of amides is 1. The van der Waals surface area contributed by atoms with Crippen molar-refractivity contribution >= 4 is 11.7 Å². The third-order valence-electron chi connectivity index (χ3n) is 2.71. The molecular formula is C11H14N2O3. The molecule has 5 heteroatoms. The lowest BCUT2D eigenvalue weighted by Crippen LogP contribution is -2.27. The average molecular weight is 222 g/mol. The molecule has 0 atom stereocenters. The highest BCUT2D eigenvalue weighted by Gasteiger charge is 2.22. The molecule has 0 saturated carbocycles. The minimum Gasteiger partial charge on any atom is -0.480 e. The Balaban J connectivity index is 2.57. The second-order valence-electron chi connectivity index (χ2n) is 3.69. The van der Waals surface area contributed by atoms with E-state index >= 15 is 0 Å². The van der Waals surface area contributed by atoms with Gasteiger partial charge in [-0.1, -0.05) is 6.92 Å². The third kappa shape index (κ3) is 1.63. The van der Waals surface area contributed by atoms with E-state index in [1.54, 1.807) is 0 Å². The topological polar surface area (TPSA) is 71.5 Å². The summed E-state index contributed by atoms with van der Waals surface area (Å²) in [6, 6.07) is 0. The first kappa shape index (κ1) is 10.9. The van der Waals surface area contributed by atoms with Gasteiger partial charge in [-0.3, -0.25) is 4.79 Å². The number of carbonyl (C=O) groups excluding carboxylic acids is 1. The summed E-state index contributed by atoms with van der Waals surface area (Å²) in [5.41, 5.74) is 2.53. The van der Waals surface area contributed by atoms with Crippen LogP contribution in [0.2, 0.25) is 0 Å². The van der Waals surface area contributed by atoms with E-state index in [0.717, 1.165) is 17.5 Å². The molecule has 0 aromatic carbocycles. The number of pyridine rings is 1. The molecule has 1 aromatic rings. The highest BCUT2D eigenvalue weighted by atomic mass is 16.5. The molecule has 0 bridgehead atoms. The molecule has 1 aliphatic heterocycles. The van der Waals surface area contributed by atoms with E-state index in [4.69, 9.17) is 4.74 Å². The van der Waals surface area contributed by atoms with E-state index in [9.17, 15) is 9.90 Å². The number of hydrogen-bond donors (Lipinski definition) is 2. The van der Waals surface area contributed by atoms with Crippen LogP contribution in [-0.2, 0) is 17.8 Å². The van der Waals surface area contributed by atoms with E-state index in [0.29, 0.717) is 17.3 Å². The zero-order valence-electron chi connectivity index (χ0n) is 9.33. The standard InChI is InChI=1S/C11H14N2O3/c1-3-7-6(2)10-11(12-8(7)4-14)13-9(15)5-16-10/h14H,3-5H2,1-2H3,(H,12,13,15). The number of aliphatic hydroxyl groups is 1. The van der Waals surface area contributed by atoms with E-state index in [1.807, 2.05) is 13.8 Å². The fourth-order valence-electron chi connectivity index (χ4n) is 1.95. The lowest BCUT2D eigenvalue weighted by molar-refractivity contribution is -0.118. The van der Waals surface area contributed by atoms with Gasteiger partial charge >= 0.3 is 0 Å². The third-order valence-corrected chi connectivity index (χ3v) is 2.71. The molecule has 0 radical (unpaired) electrons. The number of fused-ring (bicyclic) bond motifs is 1. The number of rotatable bonds is 2. The largest absolute Gasteiger partial charge is 0.480 e. The van der Waals surface area contributed by atoms with Crippen LogP contribution in [0.25, 0.3) is 0 Å². The van der Waals surface area contributed by atoms with Gasteiger partial charge in [0.25, 0.3) is 5.91 Å². The van der Waals surface area contributed by atoms with Crippen molar-refractivity contribution in [3.8, 4) is 5.75 Å². The molecule has 86 valence electrons. The van der Waals surface area contributed by atoms with Crippen molar-refractivity contribution in [2.45, 2.75) is 26.9 Å². The summed E-state index contributed by atoms with van der Waals surface area (Å²) in [5, 5.41) is 11.9. The second-order valence-corrected chi connectivity index (χ2v) is 3.69. The number of nitrogens with one attached hydrogen (secondary N) is 1. The molecule has 1 aromatic heterocycles. The van der Waals surface area contributed by atoms with Crippen molar-refractivity contribution in [2.75, 3.05) is 11.9 Å². The number of aromatic nitrogens is 1. The summed E-state index contributed by atoms with van der Waals surface area (Å²) in [5.74, 6) is 0.816. The lowest BCUT2D eigenvalue weighted by Gasteiger charge is -2.22. The van der Waals surface area contributed by atoms with Crippen LogP contribution in [0.3, 0.4) is 0 Å². The Morgan fingerprint density at radius 1 is 1.56 bits per heavy atom. The molecule has 5 nitrogen and oxygen atoms in total. The maximum atomic E-state index is 11.2. The van der Waals surface area contributed by atoms with Crippen LogP contribution < -0.4 is 10.1 Å². The molecule has 0 fully saturated rings. The van der Waals surface area contributed by atoms with Gasteiger partial charge in [-0.15, -0.1) is 0 Å². The fraction of sp³-hybridized carbons (Fsp3) is 0.455. The summed E-state index contributed by atoms with van der Waals surface area (Å²) >= 11 is 0. The first-order chi connectivity index (χ1) is 7.67. The van der Waals surface area contributed by atoms with Crippen LogP contribution in [0, 0.1) is 6.92 Å². The van der Waals surface area contributed by atoms with Crippen molar-refractivity contribution in [1.82, 2.24) is 4.98 Å². The predicted octanol–water partition coefficient (Wildman–Crippen LogP) is 0.776. The summed E-state index contributed by atoms with van der Waals surface area (Å²) in [6.07, 6.45) is 0.777. The number of carbonyl (C=O) groups is 1. The van der Waals surface area contributed by atoms with Crippen LogP contribution >= 0.6 is 0 Å². The fourth-order valence-corrected chi connectivity index (χ4v) is 1.95. The molecule has 0 aliphatic carbocycles. The van der Waals surface area contributed by atoms with Crippen LogP contribution in [0.15, 0.2) is 0 Å². The van der Waals surface area contributed by atoms with Gasteiger partial charge in [0.2, 0.25) is 0 Å². The van der Waals surface area contributed by atoms with Gasteiger partial charge in [-0.05, 0) is 18.9 Å². The Kier molecular flexibility index (Phi) is 2.78. The second kappa shape index (κ2) is 4.09. The van der Waals surface area contributed by atoms with Crippen molar-refractivity contribution in [2.24, 2.45) is 0 Å². The van der Waals surface area contributed by atoms with E-state index < -0.39 is 0 Å². The first-order valence-corrected chi connectivity index (χ1v) is 5.23. The van der Waals surface area contributed by atoms with Gasteiger partial charge in [0.1, 0.15) is 0 Å². The van der Waals surface area contributed by atoms with Crippen LogP contribution in [0.5, 0.6) is 5.75 Å². The van der Waals surface area contributed by atoms with Crippen LogP contribution in [0.4, 0.5) is 5.82 Å². The molecule has 16 heavy (non-hydrogen) atoms. The minimum atomic E-state index is -0.215. The maximum Gasteiger partial charge on any atom is 0.263 e. The average Bonchev–Trinajstić information content (AvgIpc) is 2.28. The number of anilines is 1. The normalized spacial score (nSPS) is 14.1. The quantitative estimate of drug-likeness (QED) is 0.775. The smallest absolute Gasteiger partial charge is 0.263 e. The molecule has 0 spiro atoms. The number of aliphatic hydroxyl groups excluding tert-OH is 1. The Hall–Kier alpha value is -1.62. The van der Waals surface area contributed by atoms with Gasteiger partial charge in [0, 0.05) is 5.56 Å². The van der Waals surface area contributed by atoms with E-state index in [-0.39, 0.29) is 19.1 Å². The molecule has 1 aliphatic rings. The van der Waals surface area contributed by atoms with E-state index in [1.165, 1.54) is 0 Å². The van der Waals surface area contributed by atoms with Gasteiger partial charge in [0.05, 0.1) is 12.3 Å². The molecule has 2 heterocycles. The number of hydrogen-bond acceptors (Lipinski definition) is 4. The van der Waals surface area contributed by atoms with E-state index in [2.05, 4.69) is 10.3 Å². The number of ether oxygens (including phenoxy) is 1. The monoisotopic (exact) mass is 222 g/mol. The lowest BCUT2D eigenvalue weighted by atomic mass is 10.0. The minimum absolute atomic E-state index is 0.0249. The summed E-state index contributed by atoms with van der Waals surface area (Å²) in [7, 11) is 0. The molecule has 2 N–H and O–H groups in total. The molecular weight excluding hydrogens is 208 g/mol. The summed E-state index contributed by atoms with van der Waals surface area (Å²) < 4.78 is 5.35. The molecule has 2 rings (SSSR count). The highest BCUT2D eigenvalue weighted by molar-refractivity contribution is 5.94. The maximum absolute atomic E-state index is 11.2. The zero-order chi connectivity index (χ0) is 11.7. The number of nitrogens with zero attached hydrogens (tertiary/aromatic N) is 1. The Bertz CT molecular complexity index is 443. The highest BCUT2D eigenvalue weighted by Crippen LogP contribution is 2.33. The summed E-state index contributed by atoms with van der Waals surface area (Å²) in [4.78, 5) is 15.4. The molecule has 0 unspecified atom stereocenters. The molecule has 1 amide bonds. The Morgan fingerprint density at radius 3 is 2.94 bits per heavy atom. The SMILES string of the molecule is CCc1c(CO)nc2c(c1C)OCC(=O)N2. The molecule has 0 saturated heterocycles. The Morgan fingerprint density at radius 2 is 2.31 bits per heavy atom. The van der Waals surface area contributed by atoms with Crippen LogP contribution in [0.1, 0.15) is 23.7 Å². The van der Waals surface area contributed by atoms with Gasteiger partial charge in [-0.25, -0.2) is 4.98 Å². The Labute approximate surface area is 93.5 Å². The van der Waals surface area contributed by atoms with Crippen molar-refractivity contribution in [3.63, 3.8) is 0 Å². The zero-order valence-corrected chi connectivity index (χ0v) is 9.33. The van der Waals surface area contributed by atoms with Gasteiger partial charge in [-0.2, -0.15) is 0 Å². The predicted molar refractivity (Wildman–Crippen MR) is 58.4 cm³/mol. The van der Waals surface area contributed by atoms with Crippen molar-refractivity contribution in [1.29, 1.82) is 0 Å². The van der Waals surface area contributed by atoms with Crippen LogP contribution in [-0.4, -0.2) is 22.6 Å². The summed E-state index contributed by atoms with van der Waals surface area (Å²) in [6.45, 7) is 3.80. The van der Waals surface area contributed by atoms with Gasteiger partial charge in [0.15, 0.2) is 18.2 Å². The first-order valence-electron chi connectivity index (χ1n) is 5.23. The van der Waals surface area contributed by atoms with Crippen molar-refractivity contribution in [3.05, 3.63) is 16.8 Å². The van der Waals surface area contributed by atoms with Crippen molar-refractivity contribution < 1.29 is 14.6 Å².